The molecule has 1 aliphatic heterocycles. The molecule has 0 bridgehead atoms. The van der Waals surface area contributed by atoms with Crippen LogP contribution in [0.25, 0.3) is 0 Å². The summed E-state index contributed by atoms with van der Waals surface area (Å²) in [4.78, 5) is 11.0. The van der Waals surface area contributed by atoms with Crippen LogP contribution >= 0.6 is 0 Å². The van der Waals surface area contributed by atoms with Crippen LogP contribution in [-0.2, 0) is 5.41 Å². The Morgan fingerprint density at radius 3 is 3.18 bits per heavy atom. The summed E-state index contributed by atoms with van der Waals surface area (Å²) < 4.78 is 5.53. The molecule has 3 heterocycles. The van der Waals surface area contributed by atoms with Crippen molar-refractivity contribution >= 4 is 5.69 Å². The van der Waals surface area contributed by atoms with Crippen molar-refractivity contribution in [3.05, 3.63) is 35.7 Å². The lowest BCUT2D eigenvalue weighted by Gasteiger charge is -2.25. The lowest BCUT2D eigenvalue weighted by atomic mass is 9.80. The molecular weight excluding hydrogens is 278 g/mol. The number of fused-ring (bicyclic) bond motifs is 1. The van der Waals surface area contributed by atoms with Gasteiger partial charge in [0.05, 0.1) is 22.9 Å². The Morgan fingerprint density at radius 1 is 1.50 bits per heavy atom. The zero-order valence-corrected chi connectivity index (χ0v) is 12.5. The van der Waals surface area contributed by atoms with Gasteiger partial charge in [-0.3, -0.25) is 4.98 Å². The molecule has 0 radical (unpaired) electrons. The lowest BCUT2D eigenvalue weighted by Crippen LogP contribution is -2.32. The van der Waals surface area contributed by atoms with E-state index in [0.29, 0.717) is 17.3 Å². The van der Waals surface area contributed by atoms with Gasteiger partial charge in [0.25, 0.3) is 0 Å². The molecule has 2 aliphatic rings. The summed E-state index contributed by atoms with van der Waals surface area (Å²) >= 11 is 0. The summed E-state index contributed by atoms with van der Waals surface area (Å²) in [6.45, 7) is 3.59. The van der Waals surface area contributed by atoms with Gasteiger partial charge in [-0.1, -0.05) is 11.6 Å². The number of nitriles is 1. The van der Waals surface area contributed by atoms with Crippen LogP contribution in [0.1, 0.15) is 36.5 Å². The van der Waals surface area contributed by atoms with Crippen molar-refractivity contribution in [3.63, 3.8) is 0 Å². The second-order valence-corrected chi connectivity index (χ2v) is 6.28. The average Bonchev–Trinajstić information content (AvgIpc) is 3.20. The number of anilines is 1. The van der Waals surface area contributed by atoms with Gasteiger partial charge in [-0.25, -0.2) is 0 Å². The maximum absolute atomic E-state index is 9.32. The van der Waals surface area contributed by atoms with E-state index in [-0.39, 0.29) is 5.41 Å². The molecule has 0 amide bonds. The van der Waals surface area contributed by atoms with Crippen molar-refractivity contribution in [2.75, 3.05) is 18.0 Å². The molecule has 4 rings (SSSR count). The fourth-order valence-corrected chi connectivity index (χ4v) is 4.05. The van der Waals surface area contributed by atoms with Gasteiger partial charge < -0.3 is 9.42 Å². The lowest BCUT2D eigenvalue weighted by molar-refractivity contribution is 0.265. The van der Waals surface area contributed by atoms with Crippen LogP contribution in [0.2, 0.25) is 0 Å². The maximum Gasteiger partial charge on any atom is 0.234 e. The maximum atomic E-state index is 9.32. The molecule has 1 saturated heterocycles. The Bertz CT molecular complexity index is 749. The predicted molar refractivity (Wildman–Crippen MR) is 79.2 cm³/mol. The SMILES string of the molecule is Cc1noc([C@]23CCC[C@H]2CN(c2cnccc2C#N)C3)n1. The zero-order valence-electron chi connectivity index (χ0n) is 12.5. The van der Waals surface area contributed by atoms with Crippen LogP contribution in [0.4, 0.5) is 5.69 Å². The normalized spacial score (nSPS) is 26.9. The molecule has 6 heteroatoms. The van der Waals surface area contributed by atoms with Gasteiger partial charge in [-0.05, 0) is 31.7 Å². The van der Waals surface area contributed by atoms with Crippen molar-refractivity contribution in [2.24, 2.45) is 5.92 Å². The highest BCUT2D eigenvalue weighted by Crippen LogP contribution is 2.50. The minimum atomic E-state index is -0.0656. The van der Waals surface area contributed by atoms with Crippen molar-refractivity contribution in [1.29, 1.82) is 5.26 Å². The number of hydrogen-bond donors (Lipinski definition) is 0. The van der Waals surface area contributed by atoms with E-state index in [0.717, 1.165) is 31.1 Å². The minimum absolute atomic E-state index is 0.0656. The topological polar surface area (TPSA) is 78.8 Å². The highest BCUT2D eigenvalue weighted by molar-refractivity contribution is 5.59. The molecule has 1 saturated carbocycles. The molecule has 0 aromatic carbocycles. The van der Waals surface area contributed by atoms with Crippen molar-refractivity contribution < 1.29 is 4.52 Å². The summed E-state index contributed by atoms with van der Waals surface area (Å²) in [6, 6.07) is 4.03. The van der Waals surface area contributed by atoms with E-state index in [1.165, 1.54) is 12.8 Å². The van der Waals surface area contributed by atoms with E-state index < -0.39 is 0 Å². The molecule has 0 unspecified atom stereocenters. The van der Waals surface area contributed by atoms with Gasteiger partial charge >= 0.3 is 0 Å². The van der Waals surface area contributed by atoms with Gasteiger partial charge in [0.2, 0.25) is 5.89 Å². The van der Waals surface area contributed by atoms with Gasteiger partial charge in [0.15, 0.2) is 5.82 Å². The third-order valence-corrected chi connectivity index (χ3v) is 5.09. The number of pyridine rings is 1. The predicted octanol–water partition coefficient (Wildman–Crippen LogP) is 2.20. The van der Waals surface area contributed by atoms with Gasteiger partial charge in [0.1, 0.15) is 6.07 Å². The Morgan fingerprint density at radius 2 is 2.41 bits per heavy atom. The standard InChI is InChI=1S/C16H17N5O/c1-11-19-15(22-20-11)16-5-2-3-13(16)9-21(10-16)14-8-18-6-4-12(14)7-17/h4,6,8,13H,2-3,5,9-10H2,1H3/t13-,16-/m0/s1. The summed E-state index contributed by atoms with van der Waals surface area (Å²) in [5, 5.41) is 13.3. The fraction of sp³-hybridized carbons (Fsp3) is 0.500. The molecule has 2 atom stereocenters. The first-order valence-electron chi connectivity index (χ1n) is 7.63. The van der Waals surface area contributed by atoms with Crippen LogP contribution in [-0.4, -0.2) is 28.2 Å². The Labute approximate surface area is 128 Å². The van der Waals surface area contributed by atoms with E-state index in [9.17, 15) is 5.26 Å². The molecule has 1 aliphatic carbocycles. The Balaban J connectivity index is 1.72. The van der Waals surface area contributed by atoms with E-state index in [4.69, 9.17) is 4.52 Å². The molecule has 0 spiro atoms. The van der Waals surface area contributed by atoms with Crippen molar-refractivity contribution in [3.8, 4) is 6.07 Å². The van der Waals surface area contributed by atoms with Crippen LogP contribution in [0.5, 0.6) is 0 Å². The summed E-state index contributed by atoms with van der Waals surface area (Å²) in [6.07, 6.45) is 6.87. The zero-order chi connectivity index (χ0) is 15.2. The number of aromatic nitrogens is 3. The minimum Gasteiger partial charge on any atom is -0.368 e. The van der Waals surface area contributed by atoms with Gasteiger partial charge in [-0.15, -0.1) is 0 Å². The monoisotopic (exact) mass is 295 g/mol. The molecule has 22 heavy (non-hydrogen) atoms. The molecule has 6 nitrogen and oxygen atoms in total. The summed E-state index contributed by atoms with van der Waals surface area (Å²) in [5.74, 6) is 1.95. The van der Waals surface area contributed by atoms with Crippen molar-refractivity contribution in [1.82, 2.24) is 15.1 Å². The molecule has 2 aromatic rings. The first-order chi connectivity index (χ1) is 10.7. The number of hydrogen-bond acceptors (Lipinski definition) is 6. The van der Waals surface area contributed by atoms with E-state index >= 15 is 0 Å². The molecule has 2 aromatic heterocycles. The third-order valence-electron chi connectivity index (χ3n) is 5.09. The van der Waals surface area contributed by atoms with E-state index in [2.05, 4.69) is 26.1 Å². The quantitative estimate of drug-likeness (QED) is 0.845. The summed E-state index contributed by atoms with van der Waals surface area (Å²) in [5.41, 5.74) is 1.52. The Hall–Kier alpha value is -2.42. The highest BCUT2D eigenvalue weighted by Gasteiger charge is 2.54. The molecule has 2 fully saturated rings. The van der Waals surface area contributed by atoms with Crippen LogP contribution in [0.15, 0.2) is 23.0 Å². The Kier molecular flexibility index (Phi) is 2.89. The number of nitrogens with zero attached hydrogens (tertiary/aromatic N) is 5. The number of rotatable bonds is 2. The van der Waals surface area contributed by atoms with Crippen LogP contribution in [0, 0.1) is 24.2 Å². The van der Waals surface area contributed by atoms with Crippen molar-refractivity contribution in [2.45, 2.75) is 31.6 Å². The second-order valence-electron chi connectivity index (χ2n) is 6.28. The molecular formula is C16H17N5O. The summed E-state index contributed by atoms with van der Waals surface area (Å²) in [7, 11) is 0. The highest BCUT2D eigenvalue weighted by atomic mass is 16.5. The third kappa shape index (κ3) is 1.82. The van der Waals surface area contributed by atoms with Gasteiger partial charge in [0, 0.05) is 19.3 Å². The number of aryl methyl sites for hydroxylation is 1. The largest absolute Gasteiger partial charge is 0.368 e. The van der Waals surface area contributed by atoms with E-state index in [1.807, 2.05) is 6.92 Å². The first kappa shape index (κ1) is 13.3. The fourth-order valence-electron chi connectivity index (χ4n) is 4.05. The molecule has 0 N–H and O–H groups in total. The first-order valence-corrected chi connectivity index (χ1v) is 7.63. The van der Waals surface area contributed by atoms with E-state index in [1.54, 1.807) is 18.5 Å². The molecule has 112 valence electrons. The van der Waals surface area contributed by atoms with Crippen LogP contribution in [0.3, 0.4) is 0 Å². The second kappa shape index (κ2) is 4.80. The smallest absolute Gasteiger partial charge is 0.234 e. The average molecular weight is 295 g/mol. The van der Waals surface area contributed by atoms with Crippen LogP contribution < -0.4 is 4.90 Å². The van der Waals surface area contributed by atoms with Gasteiger partial charge in [-0.2, -0.15) is 10.2 Å².